The van der Waals surface area contributed by atoms with Gasteiger partial charge < -0.3 is 10.6 Å². The molecule has 1 amide bonds. The van der Waals surface area contributed by atoms with Crippen LogP contribution in [0.5, 0.6) is 0 Å². The lowest BCUT2D eigenvalue weighted by Crippen LogP contribution is -2.44. The smallest absolute Gasteiger partial charge is 0.221 e. The Morgan fingerprint density at radius 2 is 2.00 bits per heavy atom. The molecule has 21 heavy (non-hydrogen) atoms. The Morgan fingerprint density at radius 1 is 1.19 bits per heavy atom. The number of nitrogens with one attached hydrogen (secondary N) is 2. The Bertz CT molecular complexity index is 485. The molecule has 2 fully saturated rings. The van der Waals surface area contributed by atoms with Gasteiger partial charge in [-0.25, -0.2) is 0 Å². The second-order valence-electron chi connectivity index (χ2n) is 6.25. The number of fused-ring (bicyclic) bond motifs is 1. The number of hydrogen-bond acceptors (Lipinski definition) is 3. The summed E-state index contributed by atoms with van der Waals surface area (Å²) in [5.41, 5.74) is 2.14. The summed E-state index contributed by atoms with van der Waals surface area (Å²) >= 11 is 0. The van der Waals surface area contributed by atoms with Crippen LogP contribution in [-0.4, -0.2) is 36.0 Å². The average Bonchev–Trinajstić information content (AvgIpc) is 2.89. The number of carbonyl (C=O) groups excluding carboxylic acids is 1. The van der Waals surface area contributed by atoms with Gasteiger partial charge in [0.1, 0.15) is 0 Å². The molecule has 0 radical (unpaired) electrons. The Kier molecular flexibility index (Phi) is 4.56. The normalized spacial score (nSPS) is 25.6. The second-order valence-corrected chi connectivity index (χ2v) is 6.25. The molecule has 3 rings (SSSR count). The molecular weight excluding hydrogens is 262 g/mol. The fraction of sp³-hybridized carbons (Fsp3) is 0.588. The molecule has 0 bridgehead atoms. The van der Waals surface area contributed by atoms with Crippen molar-refractivity contribution in [3.05, 3.63) is 29.8 Å². The molecular formula is C17H25N3O. The fourth-order valence-corrected chi connectivity index (χ4v) is 3.64. The van der Waals surface area contributed by atoms with E-state index >= 15 is 0 Å². The molecule has 2 unspecified atom stereocenters. The van der Waals surface area contributed by atoms with E-state index in [9.17, 15) is 4.79 Å². The molecule has 1 aromatic carbocycles. The Labute approximate surface area is 126 Å². The van der Waals surface area contributed by atoms with Gasteiger partial charge in [0, 0.05) is 37.8 Å². The molecule has 0 spiro atoms. The zero-order chi connectivity index (χ0) is 14.7. The minimum Gasteiger partial charge on any atom is -0.326 e. The van der Waals surface area contributed by atoms with Crippen LogP contribution in [0.25, 0.3) is 0 Å². The third kappa shape index (κ3) is 3.63. The fourth-order valence-electron chi connectivity index (χ4n) is 3.64. The number of nitrogens with zero attached hydrogens (tertiary/aromatic N) is 1. The van der Waals surface area contributed by atoms with Gasteiger partial charge in [-0.1, -0.05) is 18.6 Å². The van der Waals surface area contributed by atoms with Crippen LogP contribution in [0.4, 0.5) is 5.69 Å². The molecule has 2 aliphatic rings. The highest BCUT2D eigenvalue weighted by atomic mass is 16.1. The number of amides is 1. The molecule has 0 aromatic heterocycles. The van der Waals surface area contributed by atoms with Crippen LogP contribution < -0.4 is 10.6 Å². The largest absolute Gasteiger partial charge is 0.326 e. The molecule has 2 atom stereocenters. The van der Waals surface area contributed by atoms with Crippen molar-refractivity contribution in [1.82, 2.24) is 10.2 Å². The van der Waals surface area contributed by atoms with Crippen LogP contribution in [0, 0.1) is 0 Å². The molecule has 1 aromatic rings. The van der Waals surface area contributed by atoms with Crippen molar-refractivity contribution in [2.45, 2.75) is 51.2 Å². The topological polar surface area (TPSA) is 44.4 Å². The zero-order valence-corrected chi connectivity index (χ0v) is 12.8. The van der Waals surface area contributed by atoms with E-state index in [4.69, 9.17) is 0 Å². The van der Waals surface area contributed by atoms with Crippen molar-refractivity contribution in [1.29, 1.82) is 0 Å². The Balaban J connectivity index is 1.52. The number of rotatable bonds is 4. The average molecular weight is 287 g/mol. The van der Waals surface area contributed by atoms with Gasteiger partial charge in [-0.3, -0.25) is 9.69 Å². The van der Waals surface area contributed by atoms with E-state index in [-0.39, 0.29) is 5.91 Å². The molecule has 4 nitrogen and oxygen atoms in total. The maximum Gasteiger partial charge on any atom is 0.221 e. The summed E-state index contributed by atoms with van der Waals surface area (Å²) in [7, 11) is 0. The highest BCUT2D eigenvalue weighted by molar-refractivity contribution is 5.88. The molecule has 2 heterocycles. The number of piperidine rings is 1. The van der Waals surface area contributed by atoms with Crippen molar-refractivity contribution in [2.24, 2.45) is 0 Å². The van der Waals surface area contributed by atoms with E-state index in [2.05, 4.69) is 27.7 Å². The molecule has 0 saturated carbocycles. The van der Waals surface area contributed by atoms with Crippen molar-refractivity contribution in [3.63, 3.8) is 0 Å². The van der Waals surface area contributed by atoms with E-state index in [1.54, 1.807) is 0 Å². The molecule has 114 valence electrons. The minimum absolute atomic E-state index is 0.0239. The predicted molar refractivity (Wildman–Crippen MR) is 85.2 cm³/mol. The van der Waals surface area contributed by atoms with Gasteiger partial charge in [0.15, 0.2) is 0 Å². The SMILES string of the molecule is CC(=O)Nc1ccc(CNC2CCN3CCCCC23)cc1. The quantitative estimate of drug-likeness (QED) is 0.893. The summed E-state index contributed by atoms with van der Waals surface area (Å²) in [5, 5.41) is 6.53. The molecule has 0 aliphatic carbocycles. The third-order valence-corrected chi connectivity index (χ3v) is 4.70. The Hall–Kier alpha value is -1.39. The van der Waals surface area contributed by atoms with Crippen LogP contribution in [0.1, 0.15) is 38.2 Å². The van der Waals surface area contributed by atoms with Gasteiger partial charge in [0.25, 0.3) is 0 Å². The summed E-state index contributed by atoms with van der Waals surface area (Å²) in [4.78, 5) is 13.7. The number of carbonyl (C=O) groups is 1. The third-order valence-electron chi connectivity index (χ3n) is 4.70. The number of hydrogen-bond donors (Lipinski definition) is 2. The van der Waals surface area contributed by atoms with Crippen molar-refractivity contribution < 1.29 is 4.79 Å². The van der Waals surface area contributed by atoms with Gasteiger partial charge in [0.2, 0.25) is 5.91 Å². The number of benzene rings is 1. The summed E-state index contributed by atoms with van der Waals surface area (Å²) in [6.07, 6.45) is 5.37. The lowest BCUT2D eigenvalue weighted by molar-refractivity contribution is -0.114. The van der Waals surface area contributed by atoms with Crippen LogP contribution >= 0.6 is 0 Å². The van der Waals surface area contributed by atoms with Crippen LogP contribution in [0.2, 0.25) is 0 Å². The Morgan fingerprint density at radius 3 is 2.76 bits per heavy atom. The standard InChI is InChI=1S/C17H25N3O/c1-13(21)19-15-7-5-14(6-8-15)12-18-16-9-11-20-10-3-2-4-17(16)20/h5-8,16-18H,2-4,9-12H2,1H3,(H,19,21). The highest BCUT2D eigenvalue weighted by Crippen LogP contribution is 2.27. The van der Waals surface area contributed by atoms with Crippen molar-refractivity contribution >= 4 is 11.6 Å². The van der Waals surface area contributed by atoms with E-state index < -0.39 is 0 Å². The highest BCUT2D eigenvalue weighted by Gasteiger charge is 2.34. The number of anilines is 1. The van der Waals surface area contributed by atoms with Gasteiger partial charge in [-0.05, 0) is 43.5 Å². The van der Waals surface area contributed by atoms with Gasteiger partial charge in [-0.2, -0.15) is 0 Å². The van der Waals surface area contributed by atoms with E-state index in [0.717, 1.165) is 18.3 Å². The molecule has 4 heteroatoms. The first-order valence-corrected chi connectivity index (χ1v) is 8.06. The summed E-state index contributed by atoms with van der Waals surface area (Å²) < 4.78 is 0. The lowest BCUT2D eigenvalue weighted by Gasteiger charge is -2.32. The van der Waals surface area contributed by atoms with Crippen molar-refractivity contribution in [3.8, 4) is 0 Å². The van der Waals surface area contributed by atoms with Crippen LogP contribution in [-0.2, 0) is 11.3 Å². The maximum atomic E-state index is 11.0. The van der Waals surface area contributed by atoms with Crippen LogP contribution in [0.3, 0.4) is 0 Å². The minimum atomic E-state index is -0.0239. The van der Waals surface area contributed by atoms with Crippen molar-refractivity contribution in [2.75, 3.05) is 18.4 Å². The lowest BCUT2D eigenvalue weighted by atomic mass is 9.99. The summed E-state index contributed by atoms with van der Waals surface area (Å²) in [6, 6.07) is 9.51. The van der Waals surface area contributed by atoms with E-state index in [1.165, 1.54) is 51.3 Å². The first-order valence-electron chi connectivity index (χ1n) is 8.06. The molecule has 2 aliphatic heterocycles. The first-order chi connectivity index (χ1) is 10.2. The summed E-state index contributed by atoms with van der Waals surface area (Å²) in [5.74, 6) is -0.0239. The van der Waals surface area contributed by atoms with Gasteiger partial charge in [-0.15, -0.1) is 0 Å². The predicted octanol–water partition coefficient (Wildman–Crippen LogP) is 2.36. The summed E-state index contributed by atoms with van der Waals surface area (Å²) in [6.45, 7) is 4.99. The van der Waals surface area contributed by atoms with E-state index in [1.807, 2.05) is 12.1 Å². The van der Waals surface area contributed by atoms with Gasteiger partial charge in [0.05, 0.1) is 0 Å². The maximum absolute atomic E-state index is 11.0. The van der Waals surface area contributed by atoms with Crippen LogP contribution in [0.15, 0.2) is 24.3 Å². The van der Waals surface area contributed by atoms with E-state index in [0.29, 0.717) is 6.04 Å². The first kappa shape index (κ1) is 14.5. The zero-order valence-electron chi connectivity index (χ0n) is 12.8. The molecule has 2 N–H and O–H groups in total. The van der Waals surface area contributed by atoms with Gasteiger partial charge >= 0.3 is 0 Å². The monoisotopic (exact) mass is 287 g/mol. The second kappa shape index (κ2) is 6.58. The molecule has 2 saturated heterocycles.